The molecule has 5 nitrogen and oxygen atoms in total. The maximum atomic E-state index is 12.2. The second-order valence-corrected chi connectivity index (χ2v) is 7.12. The van der Waals surface area contributed by atoms with Crippen molar-refractivity contribution >= 4 is 33.1 Å². The van der Waals surface area contributed by atoms with Crippen LogP contribution >= 0.6 is 15.9 Å². The molecule has 0 aliphatic carbocycles. The van der Waals surface area contributed by atoms with Crippen molar-refractivity contribution in [3.8, 4) is 0 Å². The van der Waals surface area contributed by atoms with Gasteiger partial charge in [0.1, 0.15) is 5.82 Å². The lowest BCUT2D eigenvalue weighted by atomic mass is 10.0. The van der Waals surface area contributed by atoms with Gasteiger partial charge in [0.05, 0.1) is 5.52 Å². The number of aromatic amines is 1. The van der Waals surface area contributed by atoms with Gasteiger partial charge in [0, 0.05) is 17.1 Å². The van der Waals surface area contributed by atoms with Gasteiger partial charge in [0.25, 0.3) is 0 Å². The van der Waals surface area contributed by atoms with E-state index in [1.54, 1.807) is 6.20 Å². The van der Waals surface area contributed by atoms with Crippen LogP contribution in [0.15, 0.2) is 34.9 Å². The van der Waals surface area contributed by atoms with Crippen LogP contribution < -0.4 is 0 Å². The van der Waals surface area contributed by atoms with Gasteiger partial charge in [-0.15, -0.1) is 0 Å². The molecule has 0 amide bonds. The van der Waals surface area contributed by atoms with E-state index < -0.39 is 6.10 Å². The average Bonchev–Trinajstić information content (AvgIpc) is 2.97. The molecule has 130 valence electrons. The van der Waals surface area contributed by atoms with Crippen LogP contribution in [0.25, 0.3) is 11.2 Å². The zero-order valence-electron chi connectivity index (χ0n) is 14.5. The molecule has 25 heavy (non-hydrogen) atoms. The summed E-state index contributed by atoms with van der Waals surface area (Å²) in [6.07, 6.45) is 2.26. The summed E-state index contributed by atoms with van der Waals surface area (Å²) in [6.45, 7) is 5.94. The molecule has 6 heteroatoms. The molecule has 0 aliphatic heterocycles. The Hall–Kier alpha value is -2.21. The predicted molar refractivity (Wildman–Crippen MR) is 100 cm³/mol. The number of ether oxygens (including phenoxy) is 1. The molecular weight excluding hydrogens is 382 g/mol. The molecule has 1 atom stereocenters. The zero-order chi connectivity index (χ0) is 18.0. The highest BCUT2D eigenvalue weighted by atomic mass is 79.9. The van der Waals surface area contributed by atoms with Crippen molar-refractivity contribution in [3.63, 3.8) is 0 Å². The molecule has 0 spiro atoms. The number of aryl methyl sites for hydroxylation is 3. The van der Waals surface area contributed by atoms with E-state index in [9.17, 15) is 4.79 Å². The second kappa shape index (κ2) is 7.35. The largest absolute Gasteiger partial charge is 0.454 e. The Labute approximate surface area is 155 Å². The normalized spacial score (nSPS) is 12.3. The number of rotatable bonds is 5. The van der Waals surface area contributed by atoms with E-state index in [0.29, 0.717) is 24.3 Å². The highest BCUT2D eigenvalue weighted by Gasteiger charge is 2.16. The third-order valence-electron chi connectivity index (χ3n) is 4.11. The van der Waals surface area contributed by atoms with E-state index in [1.807, 2.05) is 13.0 Å². The van der Waals surface area contributed by atoms with Crippen LogP contribution in [0.4, 0.5) is 0 Å². The van der Waals surface area contributed by atoms with E-state index in [-0.39, 0.29) is 5.97 Å². The molecule has 1 N–H and O–H groups in total. The van der Waals surface area contributed by atoms with Crippen molar-refractivity contribution in [3.05, 3.63) is 57.4 Å². The number of carbonyl (C=O) groups excluding carboxylic acids is 1. The second-order valence-electron chi connectivity index (χ2n) is 6.21. The Morgan fingerprint density at radius 3 is 2.88 bits per heavy atom. The van der Waals surface area contributed by atoms with Gasteiger partial charge in [-0.05, 0) is 60.3 Å². The van der Waals surface area contributed by atoms with Gasteiger partial charge in [-0.3, -0.25) is 4.79 Å². The highest BCUT2D eigenvalue weighted by molar-refractivity contribution is 9.10. The first-order valence-corrected chi connectivity index (χ1v) is 8.98. The zero-order valence-corrected chi connectivity index (χ0v) is 16.1. The average molecular weight is 402 g/mol. The lowest BCUT2D eigenvalue weighted by Crippen LogP contribution is -2.11. The number of pyridine rings is 1. The van der Waals surface area contributed by atoms with Gasteiger partial charge in [0.15, 0.2) is 11.8 Å². The first-order valence-electron chi connectivity index (χ1n) is 8.19. The lowest BCUT2D eigenvalue weighted by Gasteiger charge is -2.11. The van der Waals surface area contributed by atoms with Gasteiger partial charge in [0.2, 0.25) is 0 Å². The third kappa shape index (κ3) is 4.25. The van der Waals surface area contributed by atoms with E-state index in [4.69, 9.17) is 4.74 Å². The fourth-order valence-corrected chi connectivity index (χ4v) is 3.09. The fraction of sp³-hybridized carbons (Fsp3) is 0.316. The SMILES string of the molecule is Cc1ccc(CCC(=O)OC(C)c2nc3ncc(Br)cc3[nH]2)c(C)c1. The Morgan fingerprint density at radius 1 is 1.32 bits per heavy atom. The van der Waals surface area contributed by atoms with E-state index >= 15 is 0 Å². The van der Waals surface area contributed by atoms with Crippen LogP contribution in [0.2, 0.25) is 0 Å². The van der Waals surface area contributed by atoms with E-state index in [2.05, 4.69) is 62.9 Å². The van der Waals surface area contributed by atoms with E-state index in [1.165, 1.54) is 16.7 Å². The molecule has 0 saturated heterocycles. The number of carbonyl (C=O) groups is 1. The molecular formula is C19H20BrN3O2. The number of aromatic nitrogens is 3. The van der Waals surface area contributed by atoms with Crippen molar-refractivity contribution in [2.24, 2.45) is 0 Å². The Bertz CT molecular complexity index is 920. The monoisotopic (exact) mass is 401 g/mol. The molecule has 3 rings (SSSR count). The summed E-state index contributed by atoms with van der Waals surface area (Å²) in [5, 5.41) is 0. The number of fused-ring (bicyclic) bond motifs is 1. The minimum atomic E-state index is -0.445. The van der Waals surface area contributed by atoms with Crippen LogP contribution in [0.5, 0.6) is 0 Å². The fourth-order valence-electron chi connectivity index (χ4n) is 2.76. The molecule has 1 aromatic carbocycles. The summed E-state index contributed by atoms with van der Waals surface area (Å²) in [6, 6.07) is 8.16. The molecule has 0 saturated carbocycles. The van der Waals surface area contributed by atoms with Crippen LogP contribution in [-0.4, -0.2) is 20.9 Å². The molecule has 0 radical (unpaired) electrons. The summed E-state index contributed by atoms with van der Waals surface area (Å²) in [4.78, 5) is 23.9. The highest BCUT2D eigenvalue weighted by Crippen LogP contribution is 2.21. The molecule has 3 aromatic rings. The molecule has 2 heterocycles. The lowest BCUT2D eigenvalue weighted by molar-refractivity contribution is -0.148. The van der Waals surface area contributed by atoms with Crippen molar-refractivity contribution < 1.29 is 9.53 Å². The maximum absolute atomic E-state index is 12.2. The van der Waals surface area contributed by atoms with Crippen LogP contribution in [0, 0.1) is 13.8 Å². The Balaban J connectivity index is 1.61. The number of hydrogen-bond acceptors (Lipinski definition) is 4. The van der Waals surface area contributed by atoms with Crippen molar-refractivity contribution in [2.45, 2.75) is 39.7 Å². The molecule has 0 aliphatic rings. The number of halogens is 1. The summed E-state index contributed by atoms with van der Waals surface area (Å²) in [7, 11) is 0. The van der Waals surface area contributed by atoms with E-state index in [0.717, 1.165) is 9.99 Å². The van der Waals surface area contributed by atoms with Crippen molar-refractivity contribution in [1.29, 1.82) is 0 Å². The van der Waals surface area contributed by atoms with Gasteiger partial charge >= 0.3 is 5.97 Å². The maximum Gasteiger partial charge on any atom is 0.306 e. The smallest absolute Gasteiger partial charge is 0.306 e. The predicted octanol–water partition coefficient (Wildman–Crippen LogP) is 4.57. The molecule has 1 unspecified atom stereocenters. The Morgan fingerprint density at radius 2 is 2.12 bits per heavy atom. The number of nitrogens with one attached hydrogen (secondary N) is 1. The minimum absolute atomic E-state index is 0.234. The van der Waals surface area contributed by atoms with Crippen LogP contribution in [0.1, 0.15) is 42.0 Å². The number of nitrogens with zero attached hydrogens (tertiary/aromatic N) is 2. The number of H-pyrrole nitrogens is 1. The quantitative estimate of drug-likeness (QED) is 0.635. The number of benzene rings is 1. The minimum Gasteiger partial charge on any atom is -0.454 e. The Kier molecular flexibility index (Phi) is 5.18. The summed E-state index contributed by atoms with van der Waals surface area (Å²) < 4.78 is 6.38. The summed E-state index contributed by atoms with van der Waals surface area (Å²) in [5.74, 6) is 0.363. The first kappa shape index (κ1) is 17.6. The number of esters is 1. The third-order valence-corrected chi connectivity index (χ3v) is 4.55. The van der Waals surface area contributed by atoms with Crippen LogP contribution in [0.3, 0.4) is 0 Å². The van der Waals surface area contributed by atoms with Crippen molar-refractivity contribution in [2.75, 3.05) is 0 Å². The number of imidazole rings is 1. The molecule has 0 bridgehead atoms. The van der Waals surface area contributed by atoms with Gasteiger partial charge in [-0.1, -0.05) is 23.8 Å². The standard InChI is InChI=1S/C19H20BrN3O2/c1-11-4-5-14(12(2)8-11)6-7-17(24)25-13(3)18-22-16-9-15(20)10-21-19(16)23-18/h4-5,8-10,13H,6-7H2,1-3H3,(H,21,22,23). The van der Waals surface area contributed by atoms with Gasteiger partial charge in [-0.2, -0.15) is 0 Å². The first-order chi connectivity index (χ1) is 11.9. The molecule has 0 fully saturated rings. The summed E-state index contributed by atoms with van der Waals surface area (Å²) in [5.41, 5.74) is 5.02. The van der Waals surface area contributed by atoms with Gasteiger partial charge < -0.3 is 9.72 Å². The summed E-state index contributed by atoms with van der Waals surface area (Å²) >= 11 is 3.38. The topological polar surface area (TPSA) is 67.9 Å². The van der Waals surface area contributed by atoms with Crippen LogP contribution in [-0.2, 0) is 16.0 Å². The van der Waals surface area contributed by atoms with Crippen molar-refractivity contribution in [1.82, 2.24) is 15.0 Å². The molecule has 2 aromatic heterocycles. The van der Waals surface area contributed by atoms with Gasteiger partial charge in [-0.25, -0.2) is 9.97 Å². The number of hydrogen-bond donors (Lipinski definition) is 1.